The average Bonchev–Trinajstić information content (AvgIpc) is 3.26. The number of rotatable bonds is 7. The third kappa shape index (κ3) is 5.21. The Morgan fingerprint density at radius 3 is 1.97 bits per heavy atom. The van der Waals surface area contributed by atoms with Gasteiger partial charge in [-0.3, -0.25) is 4.99 Å². The van der Waals surface area contributed by atoms with Gasteiger partial charge in [-0.05, 0) is 32.6 Å². The molecule has 0 radical (unpaired) electrons. The van der Waals surface area contributed by atoms with Gasteiger partial charge in [-0.1, -0.05) is 93.8 Å². The second-order valence-electron chi connectivity index (χ2n) is 9.78. The summed E-state index contributed by atoms with van der Waals surface area (Å²) in [5.74, 6) is 1.71. The largest absolute Gasteiger partial charge is 0.353 e. The Hall–Kier alpha value is -1.70. The number of nitrogens with zero attached hydrogens (tertiary/aromatic N) is 2. The molecule has 1 aliphatic heterocycles. The molecular formula is C27H37N2OP. The quantitative estimate of drug-likeness (QED) is 0.505. The minimum atomic E-state index is -0.929. The Bertz CT molecular complexity index is 820. The molecule has 0 aromatic heterocycles. The van der Waals surface area contributed by atoms with Crippen LogP contribution in [0.5, 0.6) is 0 Å². The molecule has 31 heavy (non-hydrogen) atoms. The predicted molar refractivity (Wildman–Crippen MR) is 134 cm³/mol. The molecular weight excluding hydrogens is 399 g/mol. The first-order valence-electron chi connectivity index (χ1n) is 11.9. The molecule has 1 heterocycles. The van der Waals surface area contributed by atoms with Crippen molar-refractivity contribution >= 4 is 24.6 Å². The van der Waals surface area contributed by atoms with Gasteiger partial charge in [0.2, 0.25) is 0 Å². The molecule has 1 atom stereocenters. The molecule has 1 aliphatic carbocycles. The molecule has 0 amide bonds. The lowest BCUT2D eigenvalue weighted by molar-refractivity contribution is 0.168. The second-order valence-corrected chi connectivity index (χ2v) is 11.6. The van der Waals surface area contributed by atoms with Crippen molar-refractivity contribution in [2.24, 2.45) is 10.9 Å². The van der Waals surface area contributed by atoms with Gasteiger partial charge in [-0.15, -0.1) is 0 Å². The van der Waals surface area contributed by atoms with Crippen LogP contribution in [-0.2, 0) is 4.52 Å². The summed E-state index contributed by atoms with van der Waals surface area (Å²) in [5.41, 5.74) is -0.446. The minimum absolute atomic E-state index is 0.361. The van der Waals surface area contributed by atoms with E-state index in [1.807, 2.05) is 0 Å². The number of hydrogen-bond acceptors (Lipinski definition) is 3. The van der Waals surface area contributed by atoms with E-state index in [-0.39, 0.29) is 0 Å². The molecule has 2 aromatic carbocycles. The van der Waals surface area contributed by atoms with Gasteiger partial charge >= 0.3 is 0 Å². The summed E-state index contributed by atoms with van der Waals surface area (Å²) in [7, 11) is -0.929. The molecule has 4 rings (SSSR count). The first kappa shape index (κ1) is 22.5. The van der Waals surface area contributed by atoms with Crippen molar-refractivity contribution in [1.29, 1.82) is 0 Å². The zero-order chi connectivity index (χ0) is 21.8. The van der Waals surface area contributed by atoms with Crippen LogP contribution in [0.15, 0.2) is 65.7 Å². The Balaban J connectivity index is 1.65. The normalized spacial score (nSPS) is 20.5. The smallest absolute Gasteiger partial charge is 0.132 e. The maximum atomic E-state index is 7.04. The molecule has 0 bridgehead atoms. The Morgan fingerprint density at radius 2 is 1.45 bits per heavy atom. The highest BCUT2D eigenvalue weighted by Gasteiger charge is 2.42. The van der Waals surface area contributed by atoms with Gasteiger partial charge < -0.3 is 9.42 Å². The van der Waals surface area contributed by atoms with Crippen LogP contribution in [0.3, 0.4) is 0 Å². The first-order chi connectivity index (χ1) is 15.0. The van der Waals surface area contributed by atoms with E-state index in [0.717, 1.165) is 12.4 Å². The highest BCUT2D eigenvalue weighted by atomic mass is 31.1. The van der Waals surface area contributed by atoms with Crippen LogP contribution in [0.4, 0.5) is 0 Å². The number of benzene rings is 2. The highest BCUT2D eigenvalue weighted by Crippen LogP contribution is 2.42. The fourth-order valence-corrected chi connectivity index (χ4v) is 6.72. The van der Waals surface area contributed by atoms with Crippen molar-refractivity contribution < 1.29 is 4.52 Å². The van der Waals surface area contributed by atoms with E-state index in [0.29, 0.717) is 18.0 Å². The van der Waals surface area contributed by atoms with E-state index in [9.17, 15) is 0 Å². The fourth-order valence-electron chi connectivity index (χ4n) is 4.79. The fraction of sp³-hybridized carbons (Fsp3) is 0.519. The highest BCUT2D eigenvalue weighted by molar-refractivity contribution is 7.68. The number of aliphatic imine (C=N–C) groups is 1. The van der Waals surface area contributed by atoms with Crippen LogP contribution < -0.4 is 10.6 Å². The van der Waals surface area contributed by atoms with Crippen LogP contribution in [0.2, 0.25) is 0 Å². The summed E-state index contributed by atoms with van der Waals surface area (Å²) in [4.78, 5) is 7.90. The monoisotopic (exact) mass is 436 g/mol. The topological polar surface area (TPSA) is 24.8 Å². The average molecular weight is 437 g/mol. The second kappa shape index (κ2) is 9.84. The number of hydrogen-bond donors (Lipinski definition) is 0. The third-order valence-corrected chi connectivity index (χ3v) is 8.74. The van der Waals surface area contributed by atoms with E-state index in [1.165, 1.54) is 42.7 Å². The van der Waals surface area contributed by atoms with Gasteiger partial charge in [0.05, 0.1) is 14.2 Å². The molecule has 0 saturated heterocycles. The summed E-state index contributed by atoms with van der Waals surface area (Å²) in [6, 6.07) is 22.3. The summed E-state index contributed by atoms with van der Waals surface area (Å²) in [5, 5.41) is 2.50. The predicted octanol–water partition coefficient (Wildman–Crippen LogP) is 5.90. The molecule has 166 valence electrons. The molecule has 1 fully saturated rings. The van der Waals surface area contributed by atoms with Crippen molar-refractivity contribution in [2.75, 3.05) is 6.54 Å². The van der Waals surface area contributed by atoms with Gasteiger partial charge in [0.15, 0.2) is 0 Å². The molecule has 1 saturated carbocycles. The molecule has 0 N–H and O–H groups in total. The Morgan fingerprint density at radius 1 is 0.903 bits per heavy atom. The maximum absolute atomic E-state index is 7.04. The van der Waals surface area contributed by atoms with Gasteiger partial charge in [-0.2, -0.15) is 0 Å². The molecule has 3 nitrogen and oxygen atoms in total. The summed E-state index contributed by atoms with van der Waals surface area (Å²) in [6.45, 7) is 10.1. The van der Waals surface area contributed by atoms with Gasteiger partial charge in [0.1, 0.15) is 11.4 Å². The third-order valence-electron chi connectivity index (χ3n) is 6.57. The van der Waals surface area contributed by atoms with Gasteiger partial charge in [0, 0.05) is 23.2 Å². The molecule has 2 aliphatic rings. The lowest BCUT2D eigenvalue weighted by atomic mass is 9.92. The zero-order valence-electron chi connectivity index (χ0n) is 19.5. The van der Waals surface area contributed by atoms with Crippen molar-refractivity contribution in [3.8, 4) is 0 Å². The molecule has 4 heteroatoms. The van der Waals surface area contributed by atoms with Crippen LogP contribution in [0.1, 0.15) is 59.8 Å². The standard InChI is InChI=1S/C27H37N2OP/c1-21(2)25-20-29(22-14-8-5-9-15-22)26(28-25)27(3,4)30-31(23-16-10-6-11-17-23)24-18-12-7-13-19-24/h6-7,10-13,16-19,21-22,25H,5,8-9,14-15,20H2,1-4H3/t25-/m1/s1. The SMILES string of the molecule is CC(C)[C@H]1CN(C2CCCCC2)C(C(C)(C)OP(c2ccccc2)c2ccccc2)=N1. The van der Waals surface area contributed by atoms with Crippen molar-refractivity contribution in [3.63, 3.8) is 0 Å². The van der Waals surface area contributed by atoms with E-state index >= 15 is 0 Å². The molecule has 0 unspecified atom stereocenters. The van der Waals surface area contributed by atoms with Gasteiger partial charge in [-0.25, -0.2) is 0 Å². The lowest BCUT2D eigenvalue weighted by Crippen LogP contribution is -2.50. The summed E-state index contributed by atoms with van der Waals surface area (Å²) >= 11 is 0. The Labute approximate surface area is 189 Å². The van der Waals surface area contributed by atoms with Crippen LogP contribution in [0.25, 0.3) is 0 Å². The van der Waals surface area contributed by atoms with E-state index < -0.39 is 13.7 Å². The summed E-state index contributed by atoms with van der Waals surface area (Å²) < 4.78 is 7.04. The molecule has 0 spiro atoms. The zero-order valence-corrected chi connectivity index (χ0v) is 20.4. The maximum Gasteiger partial charge on any atom is 0.132 e. The van der Waals surface area contributed by atoms with E-state index in [2.05, 4.69) is 93.3 Å². The van der Waals surface area contributed by atoms with Crippen molar-refractivity contribution in [1.82, 2.24) is 4.90 Å². The van der Waals surface area contributed by atoms with Crippen LogP contribution in [0, 0.1) is 5.92 Å². The van der Waals surface area contributed by atoms with E-state index in [1.54, 1.807) is 0 Å². The number of amidine groups is 1. The molecule has 2 aromatic rings. The minimum Gasteiger partial charge on any atom is -0.353 e. The first-order valence-corrected chi connectivity index (χ1v) is 13.2. The van der Waals surface area contributed by atoms with Gasteiger partial charge in [0.25, 0.3) is 0 Å². The lowest BCUT2D eigenvalue weighted by Gasteiger charge is -2.40. The van der Waals surface area contributed by atoms with Crippen molar-refractivity contribution in [3.05, 3.63) is 60.7 Å². The summed E-state index contributed by atoms with van der Waals surface area (Å²) in [6.07, 6.45) is 6.61. The van der Waals surface area contributed by atoms with Crippen LogP contribution >= 0.6 is 8.15 Å². The van der Waals surface area contributed by atoms with Crippen molar-refractivity contribution in [2.45, 2.75) is 77.5 Å². The van der Waals surface area contributed by atoms with Crippen LogP contribution in [-0.4, -0.2) is 35.0 Å². The van der Waals surface area contributed by atoms with E-state index in [4.69, 9.17) is 9.52 Å². The Kier molecular flexibility index (Phi) is 7.14.